The molecule has 132 valence electrons. The molecule has 0 bridgehead atoms. The van der Waals surface area contributed by atoms with Gasteiger partial charge in [0.15, 0.2) is 0 Å². The highest BCUT2D eigenvalue weighted by molar-refractivity contribution is 9.10. The molecule has 1 heterocycles. The minimum absolute atomic E-state index is 0.246. The highest BCUT2D eigenvalue weighted by atomic mass is 79.9. The first-order valence-corrected chi connectivity index (χ1v) is 8.50. The molecule has 0 saturated carbocycles. The molecule has 2 aromatic carbocycles. The summed E-state index contributed by atoms with van der Waals surface area (Å²) >= 11 is 3.36. The summed E-state index contributed by atoms with van der Waals surface area (Å²) in [6.45, 7) is 1.97. The van der Waals surface area contributed by atoms with Crippen LogP contribution >= 0.6 is 15.9 Å². The summed E-state index contributed by atoms with van der Waals surface area (Å²) in [5, 5.41) is 13.8. The number of ether oxygens (including phenoxy) is 1. The van der Waals surface area contributed by atoms with Crippen molar-refractivity contribution in [1.82, 2.24) is 20.2 Å². The van der Waals surface area contributed by atoms with Crippen molar-refractivity contribution < 1.29 is 14.3 Å². The number of hydrogen-bond acceptors (Lipinski definition) is 6. The number of rotatable bonds is 5. The van der Waals surface area contributed by atoms with Crippen LogP contribution in [0.25, 0.3) is 5.69 Å². The largest absolute Gasteiger partial charge is 0.462 e. The molecule has 1 amide bonds. The topological polar surface area (TPSA) is 99.0 Å². The van der Waals surface area contributed by atoms with Gasteiger partial charge in [-0.15, -0.1) is 5.10 Å². The van der Waals surface area contributed by atoms with Crippen LogP contribution in [-0.2, 0) is 4.74 Å². The number of aromatic nitrogens is 4. The molecule has 8 nitrogen and oxygen atoms in total. The van der Waals surface area contributed by atoms with Gasteiger partial charge in [-0.25, -0.2) is 4.79 Å². The molecule has 1 N–H and O–H groups in total. The molecule has 0 spiro atoms. The number of nitrogens with zero attached hydrogens (tertiary/aromatic N) is 4. The number of amides is 1. The summed E-state index contributed by atoms with van der Waals surface area (Å²) < 4.78 is 7.14. The molecule has 0 saturated heterocycles. The van der Waals surface area contributed by atoms with Gasteiger partial charge in [0.25, 0.3) is 5.91 Å². The van der Waals surface area contributed by atoms with Crippen LogP contribution in [0.5, 0.6) is 0 Å². The predicted molar refractivity (Wildman–Crippen MR) is 97.2 cm³/mol. The van der Waals surface area contributed by atoms with Crippen LogP contribution in [0.15, 0.2) is 53.3 Å². The van der Waals surface area contributed by atoms with E-state index in [2.05, 4.69) is 36.8 Å². The normalized spacial score (nSPS) is 10.4. The van der Waals surface area contributed by atoms with Gasteiger partial charge in [0, 0.05) is 4.47 Å². The number of carbonyl (C=O) groups excluding carboxylic acids is 2. The van der Waals surface area contributed by atoms with Crippen LogP contribution in [-0.4, -0.2) is 38.7 Å². The highest BCUT2D eigenvalue weighted by Crippen LogP contribution is 2.22. The molecule has 1 aromatic heterocycles. The molecular weight excluding hydrogens is 402 g/mol. The quantitative estimate of drug-likeness (QED) is 0.643. The van der Waals surface area contributed by atoms with Gasteiger partial charge < -0.3 is 10.1 Å². The molecule has 0 aliphatic rings. The van der Waals surface area contributed by atoms with Gasteiger partial charge in [0.05, 0.1) is 29.1 Å². The minimum atomic E-state index is -0.502. The van der Waals surface area contributed by atoms with Gasteiger partial charge >= 0.3 is 5.97 Å². The minimum Gasteiger partial charge on any atom is -0.462 e. The van der Waals surface area contributed by atoms with E-state index in [1.807, 2.05) is 0 Å². The zero-order chi connectivity index (χ0) is 18.5. The third kappa shape index (κ3) is 3.77. The third-order valence-electron chi connectivity index (χ3n) is 3.47. The second kappa shape index (κ2) is 7.87. The summed E-state index contributed by atoms with van der Waals surface area (Å²) in [4.78, 5) is 24.9. The Morgan fingerprint density at radius 1 is 1.19 bits per heavy atom. The Balaban J connectivity index is 1.95. The van der Waals surface area contributed by atoms with E-state index in [9.17, 15) is 9.59 Å². The summed E-state index contributed by atoms with van der Waals surface area (Å²) in [7, 11) is 0. The zero-order valence-electron chi connectivity index (χ0n) is 13.7. The maximum absolute atomic E-state index is 12.8. The average molecular weight is 416 g/mol. The molecule has 0 unspecified atom stereocenters. The van der Waals surface area contributed by atoms with Gasteiger partial charge in [-0.1, -0.05) is 28.1 Å². The first-order chi connectivity index (χ1) is 12.6. The Kier molecular flexibility index (Phi) is 5.37. The number of anilines is 1. The first-order valence-electron chi connectivity index (χ1n) is 7.70. The number of carbonyl (C=O) groups is 2. The van der Waals surface area contributed by atoms with Gasteiger partial charge in [0.1, 0.15) is 6.33 Å². The molecule has 3 rings (SSSR count). The lowest BCUT2D eigenvalue weighted by Gasteiger charge is -2.12. The fourth-order valence-electron chi connectivity index (χ4n) is 2.33. The molecule has 0 radical (unpaired) electrons. The van der Waals surface area contributed by atoms with E-state index in [1.165, 1.54) is 11.0 Å². The number of nitrogens with one attached hydrogen (secondary N) is 1. The number of benzene rings is 2. The molecule has 0 fully saturated rings. The van der Waals surface area contributed by atoms with E-state index in [0.29, 0.717) is 16.9 Å². The molecular formula is C17H14BrN5O3. The molecule has 26 heavy (non-hydrogen) atoms. The van der Waals surface area contributed by atoms with Crippen LogP contribution in [0.4, 0.5) is 5.69 Å². The third-order valence-corrected chi connectivity index (χ3v) is 3.96. The SMILES string of the molecule is CCOC(=O)c1ccccc1NC(=O)c1cc(Br)ccc1-n1cnnn1. The fourth-order valence-corrected chi connectivity index (χ4v) is 2.69. The summed E-state index contributed by atoms with van der Waals surface area (Å²) in [6, 6.07) is 11.8. The van der Waals surface area contributed by atoms with E-state index in [1.54, 1.807) is 49.4 Å². The standard InChI is InChI=1S/C17H14BrN5O3/c1-2-26-17(25)12-5-3-4-6-14(12)20-16(24)13-9-11(18)7-8-15(13)23-10-19-21-22-23/h3-10H,2H2,1H3,(H,20,24). The van der Waals surface area contributed by atoms with E-state index in [-0.39, 0.29) is 12.2 Å². The van der Waals surface area contributed by atoms with Crippen molar-refractivity contribution in [2.45, 2.75) is 6.92 Å². The number of tetrazole rings is 1. The van der Waals surface area contributed by atoms with E-state index < -0.39 is 11.9 Å². The van der Waals surface area contributed by atoms with Crippen LogP contribution in [0.1, 0.15) is 27.6 Å². The van der Waals surface area contributed by atoms with Crippen molar-refractivity contribution in [3.8, 4) is 5.69 Å². The first kappa shape index (κ1) is 17.7. The molecule has 3 aromatic rings. The molecule has 0 aliphatic heterocycles. The van der Waals surface area contributed by atoms with Crippen LogP contribution < -0.4 is 5.32 Å². The highest BCUT2D eigenvalue weighted by Gasteiger charge is 2.18. The van der Waals surface area contributed by atoms with Crippen molar-refractivity contribution in [2.75, 3.05) is 11.9 Å². The Morgan fingerprint density at radius 3 is 2.73 bits per heavy atom. The average Bonchev–Trinajstić information content (AvgIpc) is 3.16. The Bertz CT molecular complexity index is 943. The Hall–Kier alpha value is -3.07. The maximum Gasteiger partial charge on any atom is 0.340 e. The number of hydrogen-bond donors (Lipinski definition) is 1. The van der Waals surface area contributed by atoms with Crippen molar-refractivity contribution in [3.05, 3.63) is 64.4 Å². The van der Waals surface area contributed by atoms with Crippen LogP contribution in [0, 0.1) is 0 Å². The monoisotopic (exact) mass is 415 g/mol. The van der Waals surface area contributed by atoms with Gasteiger partial charge in [-0.2, -0.15) is 4.68 Å². The predicted octanol–water partition coefficient (Wildman–Crippen LogP) is 2.85. The van der Waals surface area contributed by atoms with Gasteiger partial charge in [0.2, 0.25) is 0 Å². The van der Waals surface area contributed by atoms with Crippen molar-refractivity contribution >= 4 is 33.5 Å². The van der Waals surface area contributed by atoms with Crippen molar-refractivity contribution in [2.24, 2.45) is 0 Å². The lowest BCUT2D eigenvalue weighted by Crippen LogP contribution is -2.18. The Labute approximate surface area is 157 Å². The second-order valence-electron chi connectivity index (χ2n) is 5.14. The lowest BCUT2D eigenvalue weighted by atomic mass is 10.1. The number of halogens is 1. The second-order valence-corrected chi connectivity index (χ2v) is 6.05. The number of para-hydroxylation sites is 1. The van der Waals surface area contributed by atoms with Crippen molar-refractivity contribution in [3.63, 3.8) is 0 Å². The van der Waals surface area contributed by atoms with E-state index >= 15 is 0 Å². The summed E-state index contributed by atoms with van der Waals surface area (Å²) in [5.41, 5.74) is 1.48. The van der Waals surface area contributed by atoms with E-state index in [4.69, 9.17) is 4.74 Å². The lowest BCUT2D eigenvalue weighted by molar-refractivity contribution is 0.0527. The fraction of sp³-hybridized carbons (Fsp3) is 0.118. The summed E-state index contributed by atoms with van der Waals surface area (Å²) in [6.07, 6.45) is 1.40. The smallest absolute Gasteiger partial charge is 0.340 e. The van der Waals surface area contributed by atoms with E-state index in [0.717, 1.165) is 4.47 Å². The summed E-state index contributed by atoms with van der Waals surface area (Å²) in [5.74, 6) is -0.910. The van der Waals surface area contributed by atoms with Gasteiger partial charge in [-0.3, -0.25) is 4.79 Å². The van der Waals surface area contributed by atoms with Crippen LogP contribution in [0.3, 0.4) is 0 Å². The van der Waals surface area contributed by atoms with Gasteiger partial charge in [-0.05, 0) is 47.7 Å². The molecule has 0 aliphatic carbocycles. The Morgan fingerprint density at radius 2 is 2.00 bits per heavy atom. The number of esters is 1. The van der Waals surface area contributed by atoms with Crippen molar-refractivity contribution in [1.29, 1.82) is 0 Å². The zero-order valence-corrected chi connectivity index (χ0v) is 15.3. The molecule has 9 heteroatoms. The maximum atomic E-state index is 12.8. The molecule has 0 atom stereocenters. The van der Waals surface area contributed by atoms with Crippen LogP contribution in [0.2, 0.25) is 0 Å².